The highest BCUT2D eigenvalue weighted by Crippen LogP contribution is 2.26. The van der Waals surface area contributed by atoms with Crippen molar-refractivity contribution in [1.29, 1.82) is 0 Å². The average Bonchev–Trinajstić information content (AvgIpc) is 2.51. The van der Waals surface area contributed by atoms with Gasteiger partial charge in [0.15, 0.2) is 0 Å². The highest BCUT2D eigenvalue weighted by atomic mass is 35.5. The molecule has 0 atom stereocenters. The summed E-state index contributed by atoms with van der Waals surface area (Å²) in [7, 11) is 0. The second-order valence-electron chi connectivity index (χ2n) is 4.65. The first kappa shape index (κ1) is 16.0. The molecule has 2 amide bonds. The highest BCUT2D eigenvalue weighted by Gasteiger charge is 2.10. The molecular formula is C16H16ClN3O2. The van der Waals surface area contributed by atoms with E-state index in [-0.39, 0.29) is 24.8 Å². The van der Waals surface area contributed by atoms with Crippen LogP contribution in [0.4, 0.5) is 11.4 Å². The molecular weight excluding hydrogens is 302 g/mol. The third-order valence-electron chi connectivity index (χ3n) is 2.92. The van der Waals surface area contributed by atoms with Gasteiger partial charge in [0.1, 0.15) is 0 Å². The second kappa shape index (κ2) is 7.59. The lowest BCUT2D eigenvalue weighted by Gasteiger charge is -2.12. The van der Waals surface area contributed by atoms with Gasteiger partial charge in [0.25, 0.3) is 0 Å². The first-order valence-electron chi connectivity index (χ1n) is 6.71. The van der Waals surface area contributed by atoms with Gasteiger partial charge in [-0.2, -0.15) is 0 Å². The number of amides is 2. The van der Waals surface area contributed by atoms with Crippen LogP contribution in [0.5, 0.6) is 0 Å². The zero-order valence-corrected chi connectivity index (χ0v) is 12.6. The number of rotatable bonds is 5. The minimum absolute atomic E-state index is 0.149. The van der Waals surface area contributed by atoms with Gasteiger partial charge in [-0.15, -0.1) is 0 Å². The maximum atomic E-state index is 12.1. The monoisotopic (exact) mass is 317 g/mol. The van der Waals surface area contributed by atoms with Crippen molar-refractivity contribution in [3.05, 3.63) is 59.1 Å². The van der Waals surface area contributed by atoms with Gasteiger partial charge in [-0.3, -0.25) is 9.59 Å². The van der Waals surface area contributed by atoms with Crippen molar-refractivity contribution in [2.24, 2.45) is 5.73 Å². The molecule has 0 heterocycles. The molecule has 2 aromatic rings. The van der Waals surface area contributed by atoms with E-state index < -0.39 is 0 Å². The molecule has 0 saturated heterocycles. The Labute approximate surface area is 133 Å². The zero-order chi connectivity index (χ0) is 15.9. The lowest BCUT2D eigenvalue weighted by atomic mass is 10.1. The third kappa shape index (κ3) is 4.58. The fourth-order valence-electron chi connectivity index (χ4n) is 1.91. The molecule has 0 saturated carbocycles. The van der Waals surface area contributed by atoms with Crippen LogP contribution in [0.15, 0.2) is 48.5 Å². The fraction of sp³-hybridized carbons (Fsp3) is 0.125. The van der Waals surface area contributed by atoms with Crippen LogP contribution in [0, 0.1) is 0 Å². The molecule has 4 N–H and O–H groups in total. The number of nitrogens with one attached hydrogen (secondary N) is 2. The average molecular weight is 318 g/mol. The Balaban J connectivity index is 2.11. The number of nitrogens with two attached hydrogens (primary N) is 1. The van der Waals surface area contributed by atoms with Crippen LogP contribution in [0.3, 0.4) is 0 Å². The van der Waals surface area contributed by atoms with Crippen molar-refractivity contribution in [1.82, 2.24) is 0 Å². The van der Waals surface area contributed by atoms with Crippen molar-refractivity contribution in [2.45, 2.75) is 6.42 Å². The van der Waals surface area contributed by atoms with Crippen molar-refractivity contribution in [3.8, 4) is 0 Å². The van der Waals surface area contributed by atoms with E-state index in [9.17, 15) is 9.59 Å². The number of hydrogen-bond donors (Lipinski definition) is 3. The molecule has 0 aliphatic rings. The molecule has 0 bridgehead atoms. The summed E-state index contributed by atoms with van der Waals surface area (Å²) in [5.41, 5.74) is 7.08. The van der Waals surface area contributed by atoms with Gasteiger partial charge < -0.3 is 16.4 Å². The van der Waals surface area contributed by atoms with Crippen molar-refractivity contribution in [3.63, 3.8) is 0 Å². The second-order valence-corrected chi connectivity index (χ2v) is 5.09. The number of hydrogen-bond acceptors (Lipinski definition) is 3. The van der Waals surface area contributed by atoms with Crippen molar-refractivity contribution >= 4 is 34.8 Å². The Kier molecular flexibility index (Phi) is 5.52. The van der Waals surface area contributed by atoms with Gasteiger partial charge in [0.2, 0.25) is 11.8 Å². The lowest BCUT2D eigenvalue weighted by Crippen LogP contribution is -2.23. The molecule has 0 unspecified atom stereocenters. The van der Waals surface area contributed by atoms with Crippen LogP contribution >= 0.6 is 11.6 Å². The van der Waals surface area contributed by atoms with Gasteiger partial charge in [-0.05, 0) is 23.8 Å². The molecule has 0 radical (unpaired) electrons. The molecule has 2 aromatic carbocycles. The summed E-state index contributed by atoms with van der Waals surface area (Å²) in [4.78, 5) is 23.5. The zero-order valence-electron chi connectivity index (χ0n) is 11.8. The molecule has 114 valence electrons. The number of halogens is 1. The van der Waals surface area contributed by atoms with Crippen LogP contribution in [-0.2, 0) is 16.0 Å². The molecule has 2 rings (SSSR count). The van der Waals surface area contributed by atoms with Crippen LogP contribution in [-0.4, -0.2) is 18.4 Å². The van der Waals surface area contributed by atoms with Crippen molar-refractivity contribution in [2.75, 3.05) is 17.2 Å². The van der Waals surface area contributed by atoms with Crippen LogP contribution in [0.1, 0.15) is 5.56 Å². The van der Waals surface area contributed by atoms with Gasteiger partial charge in [-0.1, -0.05) is 41.9 Å². The van der Waals surface area contributed by atoms with E-state index in [0.29, 0.717) is 16.4 Å². The number of carbonyl (C=O) groups excluding carboxylic acids is 2. The van der Waals surface area contributed by atoms with Crippen molar-refractivity contribution < 1.29 is 9.59 Å². The predicted octanol–water partition coefficient (Wildman–Crippen LogP) is 2.42. The van der Waals surface area contributed by atoms with E-state index in [2.05, 4.69) is 10.6 Å². The van der Waals surface area contributed by atoms with Gasteiger partial charge in [0.05, 0.1) is 24.3 Å². The normalized spacial score (nSPS) is 10.1. The Morgan fingerprint density at radius 1 is 0.955 bits per heavy atom. The number of carbonyl (C=O) groups is 2. The molecule has 0 aromatic heterocycles. The van der Waals surface area contributed by atoms with E-state index in [0.717, 1.165) is 5.56 Å². The minimum Gasteiger partial charge on any atom is -0.324 e. The number of benzene rings is 2. The summed E-state index contributed by atoms with van der Waals surface area (Å²) in [6.45, 7) is -0.149. The van der Waals surface area contributed by atoms with Crippen LogP contribution in [0.2, 0.25) is 5.02 Å². The highest BCUT2D eigenvalue weighted by molar-refractivity contribution is 6.31. The molecule has 0 spiro atoms. The van der Waals surface area contributed by atoms with Gasteiger partial charge >= 0.3 is 0 Å². The Morgan fingerprint density at radius 3 is 2.32 bits per heavy atom. The number of anilines is 2. The Hall–Kier alpha value is -2.37. The first-order valence-corrected chi connectivity index (χ1v) is 7.09. The Bertz CT molecular complexity index is 674. The fourth-order valence-corrected chi connectivity index (χ4v) is 2.08. The summed E-state index contributed by atoms with van der Waals surface area (Å²) in [6, 6.07) is 14.2. The summed E-state index contributed by atoms with van der Waals surface area (Å²) in [5.74, 6) is -0.544. The van der Waals surface area contributed by atoms with E-state index in [1.165, 1.54) is 0 Å². The summed E-state index contributed by atoms with van der Waals surface area (Å²) in [6.07, 6.45) is 0.244. The molecule has 5 nitrogen and oxygen atoms in total. The molecule has 0 fully saturated rings. The summed E-state index contributed by atoms with van der Waals surface area (Å²) < 4.78 is 0. The van der Waals surface area contributed by atoms with Gasteiger partial charge in [-0.25, -0.2) is 0 Å². The van der Waals surface area contributed by atoms with E-state index in [1.807, 2.05) is 30.3 Å². The quantitative estimate of drug-likeness (QED) is 0.791. The first-order chi connectivity index (χ1) is 10.6. The SMILES string of the molecule is NCC(=O)Nc1cc(Cl)ccc1NC(=O)Cc1ccccc1. The molecule has 22 heavy (non-hydrogen) atoms. The standard InChI is InChI=1S/C16H16ClN3O2/c17-12-6-7-13(14(9-12)20-16(22)10-18)19-15(21)8-11-4-2-1-3-5-11/h1-7,9H,8,10,18H2,(H,19,21)(H,20,22). The van der Waals surface area contributed by atoms with Crippen LogP contribution < -0.4 is 16.4 Å². The van der Waals surface area contributed by atoms with E-state index in [1.54, 1.807) is 18.2 Å². The minimum atomic E-state index is -0.360. The molecule has 0 aliphatic heterocycles. The smallest absolute Gasteiger partial charge is 0.238 e. The maximum absolute atomic E-state index is 12.1. The Morgan fingerprint density at radius 2 is 1.64 bits per heavy atom. The van der Waals surface area contributed by atoms with Gasteiger partial charge in [0, 0.05) is 5.02 Å². The molecule has 0 aliphatic carbocycles. The maximum Gasteiger partial charge on any atom is 0.238 e. The topological polar surface area (TPSA) is 84.2 Å². The lowest BCUT2D eigenvalue weighted by molar-refractivity contribution is -0.116. The van der Waals surface area contributed by atoms with E-state index in [4.69, 9.17) is 17.3 Å². The van der Waals surface area contributed by atoms with E-state index >= 15 is 0 Å². The summed E-state index contributed by atoms with van der Waals surface area (Å²) in [5, 5.41) is 5.82. The summed E-state index contributed by atoms with van der Waals surface area (Å²) >= 11 is 5.91. The third-order valence-corrected chi connectivity index (χ3v) is 3.16. The molecule has 6 heteroatoms. The predicted molar refractivity (Wildman–Crippen MR) is 87.9 cm³/mol. The van der Waals surface area contributed by atoms with Crippen LogP contribution in [0.25, 0.3) is 0 Å². The largest absolute Gasteiger partial charge is 0.324 e.